The quantitative estimate of drug-likeness (QED) is 0.553. The molecule has 1 aromatic heterocycles. The molecule has 0 aliphatic heterocycles. The largest absolute Gasteiger partial charge is 0.357 e. The van der Waals surface area contributed by atoms with Crippen LogP contribution in [0.2, 0.25) is 0 Å². The van der Waals surface area contributed by atoms with Crippen LogP contribution in [0.4, 0.5) is 0 Å². The molecule has 0 bridgehead atoms. The number of nitrogens with zero attached hydrogens (tertiary/aromatic N) is 3. The Kier molecular flexibility index (Phi) is 7.65. The van der Waals surface area contributed by atoms with Crippen LogP contribution in [0.15, 0.2) is 47.7 Å². The molecular formula is C21H31N5OS. The summed E-state index contributed by atoms with van der Waals surface area (Å²) in [5.41, 5.74) is 2.20. The molecule has 3 unspecified atom stereocenters. The fraction of sp³-hybridized carbons (Fsp3) is 0.524. The van der Waals surface area contributed by atoms with E-state index in [1.165, 1.54) is 0 Å². The number of aromatic nitrogens is 2. The van der Waals surface area contributed by atoms with Gasteiger partial charge in [0.2, 0.25) is 0 Å². The van der Waals surface area contributed by atoms with Gasteiger partial charge in [-0.1, -0.05) is 25.5 Å². The van der Waals surface area contributed by atoms with E-state index in [1.54, 1.807) is 6.20 Å². The molecule has 1 fully saturated rings. The first kappa shape index (κ1) is 20.6. The molecule has 0 amide bonds. The predicted octanol–water partition coefficient (Wildman–Crippen LogP) is 3.01. The molecule has 0 saturated heterocycles. The Hall–Kier alpha value is -2.15. The minimum Gasteiger partial charge on any atom is -0.357 e. The maximum atomic E-state index is 12.2. The molecule has 3 rings (SSSR count). The molecule has 1 saturated carbocycles. The average molecular weight is 402 g/mol. The number of hydrogen-bond donors (Lipinski definition) is 2. The van der Waals surface area contributed by atoms with Crippen LogP contribution in [0.1, 0.15) is 45.1 Å². The van der Waals surface area contributed by atoms with E-state index in [2.05, 4.69) is 46.9 Å². The van der Waals surface area contributed by atoms with Gasteiger partial charge in [-0.2, -0.15) is 5.10 Å². The number of guanidine groups is 1. The standard InChI is InChI=1S/C21H31N5OS/c1-3-22-21(25-18-7-5-8-20(15-18)28(27)4-2)23-16-17-9-11-19(12-10-17)26-14-6-13-24-26/h6,9-14,18,20H,3-5,7-8,15-16H2,1-2H3,(H2,22,23,25). The molecule has 1 heterocycles. The van der Waals surface area contributed by atoms with Crippen LogP contribution in [-0.4, -0.2) is 43.5 Å². The summed E-state index contributed by atoms with van der Waals surface area (Å²) in [5.74, 6) is 1.59. The van der Waals surface area contributed by atoms with Crippen molar-refractivity contribution in [1.82, 2.24) is 20.4 Å². The van der Waals surface area contributed by atoms with Gasteiger partial charge in [-0.15, -0.1) is 0 Å². The third kappa shape index (κ3) is 5.67. The van der Waals surface area contributed by atoms with E-state index in [4.69, 9.17) is 4.99 Å². The summed E-state index contributed by atoms with van der Waals surface area (Å²) >= 11 is 0. The lowest BCUT2D eigenvalue weighted by molar-refractivity contribution is 0.413. The molecule has 0 radical (unpaired) electrons. The van der Waals surface area contributed by atoms with Gasteiger partial charge < -0.3 is 10.6 Å². The van der Waals surface area contributed by atoms with Crippen molar-refractivity contribution in [3.05, 3.63) is 48.3 Å². The minimum atomic E-state index is -0.709. The van der Waals surface area contributed by atoms with Crippen molar-refractivity contribution in [2.24, 2.45) is 4.99 Å². The molecule has 1 aliphatic carbocycles. The summed E-state index contributed by atoms with van der Waals surface area (Å²) in [7, 11) is -0.709. The normalized spacial score (nSPS) is 21.3. The van der Waals surface area contributed by atoms with Crippen LogP contribution < -0.4 is 10.6 Å². The van der Waals surface area contributed by atoms with Crippen molar-refractivity contribution in [2.45, 2.75) is 57.4 Å². The topological polar surface area (TPSA) is 71.3 Å². The Morgan fingerprint density at radius 2 is 2.11 bits per heavy atom. The van der Waals surface area contributed by atoms with Crippen molar-refractivity contribution in [2.75, 3.05) is 12.3 Å². The molecule has 1 aliphatic rings. The molecule has 7 heteroatoms. The van der Waals surface area contributed by atoms with Crippen LogP contribution in [0.25, 0.3) is 5.69 Å². The lowest BCUT2D eigenvalue weighted by Gasteiger charge is -2.30. The Morgan fingerprint density at radius 3 is 2.79 bits per heavy atom. The highest BCUT2D eigenvalue weighted by molar-refractivity contribution is 7.85. The second-order valence-electron chi connectivity index (χ2n) is 7.11. The van der Waals surface area contributed by atoms with Crippen LogP contribution in [0.3, 0.4) is 0 Å². The van der Waals surface area contributed by atoms with Gasteiger partial charge in [-0.25, -0.2) is 9.67 Å². The zero-order valence-electron chi connectivity index (χ0n) is 16.8. The van der Waals surface area contributed by atoms with E-state index in [0.29, 0.717) is 17.8 Å². The molecule has 2 N–H and O–H groups in total. The predicted molar refractivity (Wildman–Crippen MR) is 116 cm³/mol. The first-order valence-electron chi connectivity index (χ1n) is 10.2. The third-order valence-corrected chi connectivity index (χ3v) is 6.83. The summed E-state index contributed by atoms with van der Waals surface area (Å²) < 4.78 is 14.0. The Balaban J connectivity index is 1.60. The zero-order chi connectivity index (χ0) is 19.8. The first-order valence-corrected chi connectivity index (χ1v) is 11.6. The maximum Gasteiger partial charge on any atom is 0.191 e. The minimum absolute atomic E-state index is 0.314. The summed E-state index contributed by atoms with van der Waals surface area (Å²) in [6.07, 6.45) is 7.99. The molecule has 6 nitrogen and oxygen atoms in total. The van der Waals surface area contributed by atoms with Crippen molar-refractivity contribution in [3.63, 3.8) is 0 Å². The Morgan fingerprint density at radius 1 is 1.29 bits per heavy atom. The number of benzene rings is 1. The summed E-state index contributed by atoms with van der Waals surface area (Å²) in [4.78, 5) is 4.76. The lowest BCUT2D eigenvalue weighted by Crippen LogP contribution is -2.46. The van der Waals surface area contributed by atoms with Gasteiger partial charge >= 0.3 is 0 Å². The Labute approximate surface area is 170 Å². The molecule has 152 valence electrons. The average Bonchev–Trinajstić information content (AvgIpc) is 3.27. The van der Waals surface area contributed by atoms with Crippen LogP contribution >= 0.6 is 0 Å². The number of aliphatic imine (C=N–C) groups is 1. The smallest absolute Gasteiger partial charge is 0.191 e. The molecule has 28 heavy (non-hydrogen) atoms. The van der Waals surface area contributed by atoms with Crippen molar-refractivity contribution < 1.29 is 4.21 Å². The van der Waals surface area contributed by atoms with Gasteiger partial charge in [0.15, 0.2) is 5.96 Å². The van der Waals surface area contributed by atoms with E-state index in [9.17, 15) is 4.21 Å². The lowest BCUT2D eigenvalue weighted by atomic mass is 9.95. The van der Waals surface area contributed by atoms with Crippen molar-refractivity contribution in [1.29, 1.82) is 0 Å². The SMILES string of the molecule is CCNC(=NCc1ccc(-n2cccn2)cc1)NC1CCCC(S(=O)CC)C1. The summed E-state index contributed by atoms with van der Waals surface area (Å²) in [6, 6.07) is 10.6. The van der Waals surface area contributed by atoms with Gasteiger partial charge in [0.05, 0.1) is 12.2 Å². The maximum absolute atomic E-state index is 12.2. The zero-order valence-corrected chi connectivity index (χ0v) is 17.6. The van der Waals surface area contributed by atoms with Gasteiger partial charge in [-0.3, -0.25) is 4.21 Å². The summed E-state index contributed by atoms with van der Waals surface area (Å²) in [6.45, 7) is 5.52. The first-order chi connectivity index (χ1) is 13.7. The van der Waals surface area contributed by atoms with E-state index >= 15 is 0 Å². The monoisotopic (exact) mass is 401 g/mol. The number of hydrogen-bond acceptors (Lipinski definition) is 3. The third-order valence-electron chi connectivity index (χ3n) is 5.09. The van der Waals surface area contributed by atoms with E-state index < -0.39 is 10.8 Å². The molecule has 1 aromatic carbocycles. The highest BCUT2D eigenvalue weighted by Crippen LogP contribution is 2.23. The summed E-state index contributed by atoms with van der Waals surface area (Å²) in [5, 5.41) is 11.5. The van der Waals surface area contributed by atoms with Gasteiger partial charge in [0.25, 0.3) is 0 Å². The van der Waals surface area contributed by atoms with Crippen molar-refractivity contribution in [3.8, 4) is 5.69 Å². The fourth-order valence-corrected chi connectivity index (χ4v) is 4.96. The number of nitrogens with one attached hydrogen (secondary N) is 2. The van der Waals surface area contributed by atoms with Crippen molar-refractivity contribution >= 4 is 16.8 Å². The second-order valence-corrected chi connectivity index (χ2v) is 9.12. The highest BCUT2D eigenvalue weighted by atomic mass is 32.2. The van der Waals surface area contributed by atoms with Gasteiger partial charge in [0, 0.05) is 46.8 Å². The molecule has 2 aromatic rings. The van der Waals surface area contributed by atoms with E-state index in [1.807, 2.05) is 23.9 Å². The van der Waals surface area contributed by atoms with Crippen LogP contribution in [-0.2, 0) is 17.3 Å². The van der Waals surface area contributed by atoms with Crippen LogP contribution in [0.5, 0.6) is 0 Å². The fourth-order valence-electron chi connectivity index (χ4n) is 3.61. The Bertz CT molecular complexity index is 773. The van der Waals surface area contributed by atoms with E-state index in [0.717, 1.165) is 55.2 Å². The van der Waals surface area contributed by atoms with Gasteiger partial charge in [0.1, 0.15) is 0 Å². The van der Waals surface area contributed by atoms with Crippen LogP contribution in [0, 0.1) is 0 Å². The van der Waals surface area contributed by atoms with Gasteiger partial charge in [-0.05, 0) is 49.9 Å². The van der Waals surface area contributed by atoms with E-state index in [-0.39, 0.29) is 0 Å². The second kappa shape index (κ2) is 10.4. The molecule has 0 spiro atoms. The highest BCUT2D eigenvalue weighted by Gasteiger charge is 2.26. The molecular weight excluding hydrogens is 370 g/mol. The molecule has 3 atom stereocenters. The number of rotatable bonds is 7.